The lowest BCUT2D eigenvalue weighted by atomic mass is 9.47. The first-order valence-corrected chi connectivity index (χ1v) is 9.00. The highest BCUT2D eigenvalue weighted by molar-refractivity contribution is 5.41. The third kappa shape index (κ3) is 2.40. The van der Waals surface area contributed by atoms with E-state index in [2.05, 4.69) is 50.2 Å². The molecule has 0 spiro atoms. The fourth-order valence-corrected chi connectivity index (χ4v) is 5.09. The van der Waals surface area contributed by atoms with Gasteiger partial charge in [0.2, 0.25) is 0 Å². The minimum Gasteiger partial charge on any atom is -0.395 e. The van der Waals surface area contributed by atoms with Gasteiger partial charge in [0.1, 0.15) is 0 Å². The van der Waals surface area contributed by atoms with E-state index in [1.54, 1.807) is 0 Å². The number of aliphatic hydroxyl groups is 2. The van der Waals surface area contributed by atoms with Crippen LogP contribution >= 0.6 is 0 Å². The van der Waals surface area contributed by atoms with Crippen LogP contribution in [0, 0.1) is 5.92 Å². The van der Waals surface area contributed by atoms with Crippen LogP contribution in [-0.2, 0) is 10.8 Å². The summed E-state index contributed by atoms with van der Waals surface area (Å²) < 4.78 is 0. The minimum atomic E-state index is -0.379. The Bertz CT molecular complexity index is 654. The Morgan fingerprint density at radius 3 is 2.00 bits per heavy atom. The molecule has 0 amide bonds. The van der Waals surface area contributed by atoms with Crippen LogP contribution in [0.4, 0.5) is 0 Å². The van der Waals surface area contributed by atoms with Crippen molar-refractivity contribution in [2.24, 2.45) is 5.92 Å². The van der Waals surface area contributed by atoms with Crippen LogP contribution < -0.4 is 0 Å². The first-order valence-electron chi connectivity index (χ1n) is 9.00. The van der Waals surface area contributed by atoms with E-state index >= 15 is 0 Å². The van der Waals surface area contributed by atoms with E-state index in [1.807, 2.05) is 24.3 Å². The van der Waals surface area contributed by atoms with Crippen LogP contribution in [0.5, 0.6) is 0 Å². The molecular formula is C22H28O2. The van der Waals surface area contributed by atoms with Crippen molar-refractivity contribution in [2.45, 2.75) is 50.0 Å². The van der Waals surface area contributed by atoms with Gasteiger partial charge in [-0.3, -0.25) is 0 Å². The standard InChI is InChI=1S/C22H28O2/c1-3-19-20(24)14-15-22(16-23,18-12-8-5-9-13-18)21(19,2)17-10-6-4-7-11-17/h4-13,19-20,23-24H,3,14-16H2,1-2H3. The fraction of sp³-hybridized carbons (Fsp3) is 0.455. The van der Waals surface area contributed by atoms with E-state index in [0.717, 1.165) is 19.3 Å². The molecule has 4 atom stereocenters. The van der Waals surface area contributed by atoms with Gasteiger partial charge in [-0.05, 0) is 36.3 Å². The highest BCUT2D eigenvalue weighted by Crippen LogP contribution is 2.56. The van der Waals surface area contributed by atoms with Crippen molar-refractivity contribution in [1.82, 2.24) is 0 Å². The second kappa shape index (κ2) is 6.70. The number of rotatable bonds is 4. The van der Waals surface area contributed by atoms with Gasteiger partial charge in [0.15, 0.2) is 0 Å². The van der Waals surface area contributed by atoms with Crippen molar-refractivity contribution in [2.75, 3.05) is 6.61 Å². The number of hydrogen-bond acceptors (Lipinski definition) is 2. The molecule has 1 aliphatic rings. The van der Waals surface area contributed by atoms with Crippen LogP contribution in [0.1, 0.15) is 44.2 Å². The Morgan fingerprint density at radius 1 is 0.958 bits per heavy atom. The maximum absolute atomic E-state index is 10.8. The van der Waals surface area contributed by atoms with Gasteiger partial charge in [-0.1, -0.05) is 74.5 Å². The van der Waals surface area contributed by atoms with Gasteiger partial charge in [0.05, 0.1) is 12.7 Å². The molecule has 0 aliphatic heterocycles. The predicted molar refractivity (Wildman–Crippen MR) is 98.0 cm³/mol. The molecule has 24 heavy (non-hydrogen) atoms. The van der Waals surface area contributed by atoms with Crippen LogP contribution in [0.3, 0.4) is 0 Å². The van der Waals surface area contributed by atoms with Crippen molar-refractivity contribution < 1.29 is 10.2 Å². The molecule has 0 radical (unpaired) electrons. The first-order chi connectivity index (χ1) is 11.6. The second-order valence-corrected chi connectivity index (χ2v) is 7.30. The van der Waals surface area contributed by atoms with Crippen LogP contribution in [0.25, 0.3) is 0 Å². The smallest absolute Gasteiger partial charge is 0.0577 e. The quantitative estimate of drug-likeness (QED) is 0.890. The largest absolute Gasteiger partial charge is 0.395 e. The minimum absolute atomic E-state index is 0.0889. The Hall–Kier alpha value is -1.64. The molecule has 128 valence electrons. The van der Waals surface area contributed by atoms with E-state index in [4.69, 9.17) is 0 Å². The van der Waals surface area contributed by atoms with Crippen LogP contribution in [0.15, 0.2) is 60.7 Å². The summed E-state index contributed by atoms with van der Waals surface area (Å²) >= 11 is 0. The lowest BCUT2D eigenvalue weighted by Gasteiger charge is -2.57. The average molecular weight is 324 g/mol. The zero-order chi connectivity index (χ0) is 17.2. The number of benzene rings is 2. The van der Waals surface area contributed by atoms with Gasteiger partial charge in [0, 0.05) is 10.8 Å². The summed E-state index contributed by atoms with van der Waals surface area (Å²) in [7, 11) is 0. The molecule has 2 N–H and O–H groups in total. The molecule has 2 aromatic rings. The Morgan fingerprint density at radius 2 is 1.50 bits per heavy atom. The summed E-state index contributed by atoms with van der Waals surface area (Å²) in [4.78, 5) is 0. The summed E-state index contributed by atoms with van der Waals surface area (Å²) in [5.74, 6) is 0.112. The molecule has 1 saturated carbocycles. The zero-order valence-corrected chi connectivity index (χ0v) is 14.7. The monoisotopic (exact) mass is 324 g/mol. The summed E-state index contributed by atoms with van der Waals surface area (Å²) in [6.45, 7) is 4.47. The molecule has 3 rings (SSSR count). The summed E-state index contributed by atoms with van der Waals surface area (Å²) in [6, 6.07) is 20.8. The van der Waals surface area contributed by atoms with E-state index in [0.29, 0.717) is 0 Å². The van der Waals surface area contributed by atoms with Crippen molar-refractivity contribution >= 4 is 0 Å². The summed E-state index contributed by atoms with van der Waals surface area (Å²) in [5.41, 5.74) is 1.67. The van der Waals surface area contributed by atoms with E-state index < -0.39 is 0 Å². The third-order valence-corrected chi connectivity index (χ3v) is 6.48. The highest BCUT2D eigenvalue weighted by atomic mass is 16.3. The molecule has 0 heterocycles. The average Bonchev–Trinajstić information content (AvgIpc) is 2.64. The maximum Gasteiger partial charge on any atom is 0.0577 e. The molecule has 2 nitrogen and oxygen atoms in total. The normalized spacial score (nSPS) is 33.3. The van der Waals surface area contributed by atoms with E-state index in [-0.39, 0.29) is 29.5 Å². The molecule has 0 saturated heterocycles. The lowest BCUT2D eigenvalue weighted by Crippen LogP contribution is -2.60. The topological polar surface area (TPSA) is 40.5 Å². The molecule has 1 aliphatic carbocycles. The van der Waals surface area contributed by atoms with Gasteiger partial charge < -0.3 is 10.2 Å². The highest BCUT2D eigenvalue weighted by Gasteiger charge is 2.57. The molecule has 1 fully saturated rings. The van der Waals surface area contributed by atoms with E-state index in [9.17, 15) is 10.2 Å². The summed E-state index contributed by atoms with van der Waals surface area (Å²) in [6.07, 6.45) is 2.08. The molecule has 0 aromatic heterocycles. The predicted octanol–water partition coefficient (Wildman–Crippen LogP) is 4.06. The van der Waals surface area contributed by atoms with Crippen molar-refractivity contribution in [3.63, 3.8) is 0 Å². The maximum atomic E-state index is 10.8. The number of aliphatic hydroxyl groups excluding tert-OH is 2. The number of hydrogen-bond donors (Lipinski definition) is 2. The van der Waals surface area contributed by atoms with Gasteiger partial charge in [0.25, 0.3) is 0 Å². The summed E-state index contributed by atoms with van der Waals surface area (Å²) in [5, 5.41) is 21.4. The Balaban J connectivity index is 2.26. The van der Waals surface area contributed by atoms with Crippen molar-refractivity contribution in [3.8, 4) is 0 Å². The Kier molecular flexibility index (Phi) is 4.80. The Labute approximate surface area is 145 Å². The van der Waals surface area contributed by atoms with Crippen molar-refractivity contribution in [3.05, 3.63) is 71.8 Å². The third-order valence-electron chi connectivity index (χ3n) is 6.48. The lowest BCUT2D eigenvalue weighted by molar-refractivity contribution is -0.0505. The zero-order valence-electron chi connectivity index (χ0n) is 14.7. The van der Waals surface area contributed by atoms with Gasteiger partial charge in [-0.25, -0.2) is 0 Å². The molecule has 4 unspecified atom stereocenters. The van der Waals surface area contributed by atoms with Gasteiger partial charge in [-0.2, -0.15) is 0 Å². The van der Waals surface area contributed by atoms with Gasteiger partial charge in [-0.15, -0.1) is 0 Å². The second-order valence-electron chi connectivity index (χ2n) is 7.30. The van der Waals surface area contributed by atoms with Crippen molar-refractivity contribution in [1.29, 1.82) is 0 Å². The first kappa shape index (κ1) is 17.2. The van der Waals surface area contributed by atoms with Gasteiger partial charge >= 0.3 is 0 Å². The molecule has 2 aromatic carbocycles. The van der Waals surface area contributed by atoms with E-state index in [1.165, 1.54) is 11.1 Å². The fourth-order valence-electron chi connectivity index (χ4n) is 5.09. The van der Waals surface area contributed by atoms with Crippen LogP contribution in [-0.4, -0.2) is 22.9 Å². The molecule has 2 heteroatoms. The van der Waals surface area contributed by atoms with Crippen LogP contribution in [0.2, 0.25) is 0 Å². The molecule has 0 bridgehead atoms. The SMILES string of the molecule is CCC1C(O)CCC(CO)(c2ccccc2)C1(C)c1ccccc1. The molecular weight excluding hydrogens is 296 g/mol.